The van der Waals surface area contributed by atoms with Gasteiger partial charge in [0.2, 0.25) is 5.95 Å². The Hall–Kier alpha value is -3.02. The normalized spacial score (nSPS) is 23.5. The number of nitrogens with one attached hydrogen (secondary N) is 1. The number of nitrogens with zero attached hydrogens (tertiary/aromatic N) is 5. The highest BCUT2D eigenvalue weighted by Gasteiger charge is 2.38. The van der Waals surface area contributed by atoms with E-state index in [1.54, 1.807) is 13.3 Å². The fraction of sp³-hybridized carbons (Fsp3) is 0.552. The Bertz CT molecular complexity index is 1470. The molecule has 1 aromatic carbocycles. The molecule has 0 bridgehead atoms. The zero-order chi connectivity index (χ0) is 28.6. The fourth-order valence-corrected chi connectivity index (χ4v) is 7.20. The van der Waals surface area contributed by atoms with E-state index >= 15 is 0 Å². The van der Waals surface area contributed by atoms with Gasteiger partial charge in [-0.1, -0.05) is 19.9 Å². The largest absolute Gasteiger partial charge is 0.396 e. The van der Waals surface area contributed by atoms with E-state index in [2.05, 4.69) is 59.1 Å². The molecule has 5 rings (SSSR count). The monoisotopic (exact) mass is 568 g/mol. The summed E-state index contributed by atoms with van der Waals surface area (Å²) < 4.78 is 29.2. The van der Waals surface area contributed by atoms with Gasteiger partial charge in [0.15, 0.2) is 0 Å². The number of pyridine rings is 1. The van der Waals surface area contributed by atoms with Gasteiger partial charge in [-0.2, -0.15) is 4.98 Å². The van der Waals surface area contributed by atoms with Crippen molar-refractivity contribution in [3.8, 4) is 0 Å². The van der Waals surface area contributed by atoms with Crippen molar-refractivity contribution in [2.45, 2.75) is 45.3 Å². The summed E-state index contributed by atoms with van der Waals surface area (Å²) in [6.07, 6.45) is 5.79. The minimum absolute atomic E-state index is 0.0144. The third kappa shape index (κ3) is 5.87. The lowest BCUT2D eigenvalue weighted by atomic mass is 9.88. The second kappa shape index (κ2) is 11.5. The van der Waals surface area contributed by atoms with E-state index in [0.29, 0.717) is 36.6 Å². The van der Waals surface area contributed by atoms with E-state index in [4.69, 9.17) is 14.7 Å². The number of anilines is 4. The number of ether oxygens (including phenoxy) is 1. The summed E-state index contributed by atoms with van der Waals surface area (Å²) >= 11 is 0. The molecule has 0 spiro atoms. The maximum absolute atomic E-state index is 11.8. The topological polar surface area (TPSA) is 121 Å². The molecule has 4 atom stereocenters. The van der Waals surface area contributed by atoms with Crippen LogP contribution in [0.3, 0.4) is 0 Å². The van der Waals surface area contributed by atoms with Gasteiger partial charge in [-0.05, 0) is 48.4 Å². The summed E-state index contributed by atoms with van der Waals surface area (Å²) in [7, 11) is -1.33. The van der Waals surface area contributed by atoms with Crippen LogP contribution in [0.1, 0.15) is 38.7 Å². The summed E-state index contributed by atoms with van der Waals surface area (Å²) in [5, 5.41) is 15.3. The van der Waals surface area contributed by atoms with Crippen molar-refractivity contribution in [1.82, 2.24) is 15.0 Å². The Morgan fingerprint density at radius 3 is 2.60 bits per heavy atom. The van der Waals surface area contributed by atoms with E-state index < -0.39 is 9.84 Å². The van der Waals surface area contributed by atoms with Gasteiger partial charge >= 0.3 is 0 Å². The molecule has 0 aliphatic carbocycles. The molecule has 216 valence electrons. The summed E-state index contributed by atoms with van der Waals surface area (Å²) in [5.41, 5.74) is 2.31. The second-order valence-electron chi connectivity index (χ2n) is 11.5. The van der Waals surface area contributed by atoms with Crippen LogP contribution in [0.25, 0.3) is 10.8 Å². The molecule has 0 unspecified atom stereocenters. The average Bonchev–Trinajstić information content (AvgIpc) is 2.93. The number of fused-ring (bicyclic) bond motifs is 1. The molecule has 0 saturated carbocycles. The van der Waals surface area contributed by atoms with Crippen molar-refractivity contribution in [3.63, 3.8) is 0 Å². The molecule has 0 amide bonds. The fourth-order valence-electron chi connectivity index (χ4n) is 6.03. The Morgan fingerprint density at radius 1 is 1.12 bits per heavy atom. The molecular weight excluding hydrogens is 528 g/mol. The van der Waals surface area contributed by atoms with Gasteiger partial charge in [0.05, 0.1) is 18.5 Å². The van der Waals surface area contributed by atoms with Crippen LogP contribution in [0.4, 0.5) is 23.3 Å². The molecule has 2 N–H and O–H groups in total. The third-order valence-electron chi connectivity index (χ3n) is 8.35. The molecule has 10 nitrogen and oxygen atoms in total. The van der Waals surface area contributed by atoms with E-state index in [1.807, 2.05) is 12.3 Å². The summed E-state index contributed by atoms with van der Waals surface area (Å²) in [6.45, 7) is 8.62. The molecular formula is C29H40N6O4S. The van der Waals surface area contributed by atoms with Crippen LogP contribution in [-0.4, -0.2) is 86.0 Å². The number of aliphatic hydroxyl groups is 1. The molecule has 11 heteroatoms. The van der Waals surface area contributed by atoms with Crippen molar-refractivity contribution in [2.24, 2.45) is 11.8 Å². The molecule has 2 aliphatic rings. The average molecular weight is 569 g/mol. The minimum Gasteiger partial charge on any atom is -0.396 e. The van der Waals surface area contributed by atoms with Gasteiger partial charge in [-0.15, -0.1) is 0 Å². The van der Waals surface area contributed by atoms with E-state index in [0.717, 1.165) is 29.4 Å². The van der Waals surface area contributed by atoms with Crippen LogP contribution >= 0.6 is 0 Å². The molecule has 4 heterocycles. The van der Waals surface area contributed by atoms with Gasteiger partial charge in [0.1, 0.15) is 21.5 Å². The number of hydrogen-bond acceptors (Lipinski definition) is 10. The Balaban J connectivity index is 1.39. The van der Waals surface area contributed by atoms with Crippen LogP contribution in [0, 0.1) is 11.8 Å². The molecule has 2 saturated heterocycles. The van der Waals surface area contributed by atoms with Gasteiger partial charge < -0.3 is 25.0 Å². The Kier molecular flexibility index (Phi) is 8.17. The van der Waals surface area contributed by atoms with Crippen molar-refractivity contribution in [3.05, 3.63) is 42.2 Å². The number of methoxy groups -OCH3 is 1. The van der Waals surface area contributed by atoms with Crippen molar-refractivity contribution >= 4 is 43.9 Å². The first-order valence-electron chi connectivity index (χ1n) is 13.9. The van der Waals surface area contributed by atoms with Gasteiger partial charge in [0.25, 0.3) is 0 Å². The molecule has 2 fully saturated rings. The first kappa shape index (κ1) is 28.5. The van der Waals surface area contributed by atoms with Crippen LogP contribution in [0.2, 0.25) is 0 Å². The standard InChI is InChI=1S/C29H40N6O4S/c1-18(2)22-6-7-25(35-15-21(19(35)3)17-40(5,37)38)24-13-31-28(12-23(22)24)32-27-8-10-30-29(33-27)34-11-9-26(39-4)20(14-34)16-36/h6-8,10,12-13,18-21,26,36H,9,11,14-17H2,1-5H3,(H,30,31,32,33)/t19-,20+,21-,26+/m1/s1. The number of sulfone groups is 1. The molecule has 3 aromatic rings. The lowest BCUT2D eigenvalue weighted by Crippen LogP contribution is -2.57. The molecule has 2 aliphatic heterocycles. The third-order valence-corrected chi connectivity index (χ3v) is 9.38. The molecule has 0 radical (unpaired) electrons. The number of hydrogen-bond donors (Lipinski definition) is 2. The van der Waals surface area contributed by atoms with E-state index in [9.17, 15) is 13.5 Å². The maximum Gasteiger partial charge on any atom is 0.227 e. The highest BCUT2D eigenvalue weighted by Crippen LogP contribution is 2.39. The predicted molar refractivity (Wildman–Crippen MR) is 159 cm³/mol. The summed E-state index contributed by atoms with van der Waals surface area (Å²) in [5.74, 6) is 2.62. The van der Waals surface area contributed by atoms with Crippen molar-refractivity contribution in [1.29, 1.82) is 0 Å². The highest BCUT2D eigenvalue weighted by atomic mass is 32.2. The van der Waals surface area contributed by atoms with Crippen LogP contribution in [-0.2, 0) is 14.6 Å². The number of benzene rings is 1. The van der Waals surface area contributed by atoms with Gasteiger partial charge in [-0.3, -0.25) is 0 Å². The van der Waals surface area contributed by atoms with Crippen LogP contribution in [0.5, 0.6) is 0 Å². The summed E-state index contributed by atoms with van der Waals surface area (Å²) in [4.78, 5) is 18.3. The maximum atomic E-state index is 11.8. The SMILES string of the molecule is CO[C@H]1CCN(c2nccc(Nc3cc4c(C(C)C)ccc(N5C[C@H](CS(C)(=O)=O)[C@H]5C)c4cn3)n2)C[C@H]1CO. The number of rotatable bonds is 9. The number of aromatic nitrogens is 3. The predicted octanol–water partition coefficient (Wildman–Crippen LogP) is 3.59. The lowest BCUT2D eigenvalue weighted by Gasteiger charge is -2.48. The zero-order valence-corrected chi connectivity index (χ0v) is 24.7. The van der Waals surface area contributed by atoms with Crippen molar-refractivity contribution in [2.75, 3.05) is 60.5 Å². The van der Waals surface area contributed by atoms with E-state index in [-0.39, 0.29) is 36.3 Å². The zero-order valence-electron chi connectivity index (χ0n) is 23.9. The van der Waals surface area contributed by atoms with Crippen molar-refractivity contribution < 1.29 is 18.3 Å². The second-order valence-corrected chi connectivity index (χ2v) is 13.7. The quantitative estimate of drug-likeness (QED) is 0.396. The minimum atomic E-state index is -3.01. The highest BCUT2D eigenvalue weighted by molar-refractivity contribution is 7.90. The van der Waals surface area contributed by atoms with Gasteiger partial charge in [0, 0.05) is 74.3 Å². The number of aliphatic hydroxyl groups excluding tert-OH is 1. The first-order chi connectivity index (χ1) is 19.1. The van der Waals surface area contributed by atoms with Gasteiger partial charge in [-0.25, -0.2) is 18.4 Å². The van der Waals surface area contributed by atoms with Crippen LogP contribution in [0.15, 0.2) is 36.7 Å². The van der Waals surface area contributed by atoms with Crippen LogP contribution < -0.4 is 15.1 Å². The Morgan fingerprint density at radius 2 is 1.93 bits per heavy atom. The van der Waals surface area contributed by atoms with E-state index in [1.165, 1.54) is 11.8 Å². The summed E-state index contributed by atoms with van der Waals surface area (Å²) in [6, 6.07) is 8.35. The first-order valence-corrected chi connectivity index (χ1v) is 16.0. The lowest BCUT2D eigenvalue weighted by molar-refractivity contribution is 0.0137. The number of piperidine rings is 1. The Labute approximate surface area is 236 Å². The smallest absolute Gasteiger partial charge is 0.227 e. The molecule has 40 heavy (non-hydrogen) atoms. The molecule has 2 aromatic heterocycles.